The number of carbonyl (C=O) groups excluding carboxylic acids is 1. The molecule has 1 aliphatic heterocycles. The zero-order valence-corrected chi connectivity index (χ0v) is 19.3. The number of carbonyl (C=O) groups is 1. The van der Waals surface area contributed by atoms with Crippen LogP contribution in [0.4, 0.5) is 22.5 Å². The van der Waals surface area contributed by atoms with Gasteiger partial charge in [0.25, 0.3) is 0 Å². The number of hydrogen-bond acceptors (Lipinski definition) is 9. The van der Waals surface area contributed by atoms with Gasteiger partial charge in [0, 0.05) is 39.3 Å². The molecule has 0 spiro atoms. The standard InChI is InChI=1S/C13H16N6OS.C8H10ClN/c1-9-16-11(18-13-15-7-10(8-20)21-13)6-12(17-9)19-4-2-14-3-5-19;1-6-4-3-5-7(9)8(6)10-2/h6-8,14H,2-5H2,1H3,(H,15,16,17,18);3-5,10H,1-2H3. The minimum absolute atomic E-state index is 0.589. The average molecular weight is 460 g/mol. The van der Waals surface area contributed by atoms with Crippen LogP contribution in [0.1, 0.15) is 21.1 Å². The Morgan fingerprint density at radius 1 is 1.23 bits per heavy atom. The van der Waals surface area contributed by atoms with E-state index < -0.39 is 0 Å². The molecule has 0 saturated carbocycles. The number of benzene rings is 1. The molecule has 8 nitrogen and oxygen atoms in total. The third-order valence-electron chi connectivity index (χ3n) is 4.61. The van der Waals surface area contributed by atoms with Gasteiger partial charge in [0.1, 0.15) is 17.5 Å². The zero-order valence-electron chi connectivity index (χ0n) is 17.8. The summed E-state index contributed by atoms with van der Waals surface area (Å²) in [4.78, 5) is 26.5. The lowest BCUT2D eigenvalue weighted by Gasteiger charge is -2.28. The molecule has 0 amide bonds. The number of rotatable bonds is 5. The second-order valence-corrected chi connectivity index (χ2v) is 8.36. The summed E-state index contributed by atoms with van der Waals surface area (Å²) >= 11 is 7.17. The molecule has 1 saturated heterocycles. The minimum atomic E-state index is 0.589. The van der Waals surface area contributed by atoms with Crippen molar-refractivity contribution in [3.8, 4) is 0 Å². The van der Waals surface area contributed by atoms with Gasteiger partial charge in [-0.3, -0.25) is 4.79 Å². The summed E-state index contributed by atoms with van der Waals surface area (Å²) in [6.07, 6.45) is 2.34. The van der Waals surface area contributed by atoms with E-state index in [0.29, 0.717) is 21.7 Å². The molecule has 3 N–H and O–H groups in total. The van der Waals surface area contributed by atoms with Crippen LogP contribution < -0.4 is 20.9 Å². The van der Waals surface area contributed by atoms with Crippen LogP contribution in [0.15, 0.2) is 30.5 Å². The highest BCUT2D eigenvalue weighted by Crippen LogP contribution is 2.24. The Morgan fingerprint density at radius 3 is 2.61 bits per heavy atom. The van der Waals surface area contributed by atoms with Gasteiger partial charge in [-0.25, -0.2) is 15.0 Å². The van der Waals surface area contributed by atoms with Crippen molar-refractivity contribution in [1.29, 1.82) is 0 Å². The van der Waals surface area contributed by atoms with Crippen molar-refractivity contribution >= 4 is 51.7 Å². The molecule has 0 atom stereocenters. The lowest BCUT2D eigenvalue weighted by atomic mass is 10.2. The van der Waals surface area contributed by atoms with E-state index in [2.05, 4.69) is 35.8 Å². The number of aromatic nitrogens is 3. The molecular weight excluding hydrogens is 434 g/mol. The zero-order chi connectivity index (χ0) is 22.2. The molecule has 1 fully saturated rings. The molecule has 2 aromatic heterocycles. The van der Waals surface area contributed by atoms with Crippen molar-refractivity contribution in [2.24, 2.45) is 0 Å². The Morgan fingerprint density at radius 2 is 2.00 bits per heavy atom. The number of halogens is 1. The molecule has 3 aromatic rings. The monoisotopic (exact) mass is 459 g/mol. The van der Waals surface area contributed by atoms with E-state index in [4.69, 9.17) is 11.6 Å². The number of nitrogens with one attached hydrogen (secondary N) is 3. The minimum Gasteiger partial charge on any atom is -0.387 e. The van der Waals surface area contributed by atoms with Gasteiger partial charge in [0.15, 0.2) is 11.4 Å². The van der Waals surface area contributed by atoms with Crippen LogP contribution >= 0.6 is 22.9 Å². The SMILES string of the molecule is CNc1c(C)cccc1Cl.Cc1nc(Nc2ncc(C=O)s2)cc(N2CCNCC2)n1. The number of hydrogen-bond donors (Lipinski definition) is 3. The summed E-state index contributed by atoms with van der Waals surface area (Å²) in [5, 5.41) is 10.9. The van der Waals surface area contributed by atoms with Crippen molar-refractivity contribution < 1.29 is 4.79 Å². The Bertz CT molecular complexity index is 1000. The first-order valence-electron chi connectivity index (χ1n) is 9.92. The topological polar surface area (TPSA) is 95.1 Å². The molecule has 1 aliphatic rings. The highest BCUT2D eigenvalue weighted by atomic mass is 35.5. The Hall–Kier alpha value is -2.75. The van der Waals surface area contributed by atoms with E-state index in [-0.39, 0.29) is 0 Å². The first-order valence-corrected chi connectivity index (χ1v) is 11.1. The number of aryl methyl sites for hydroxylation is 2. The Labute approximate surface area is 191 Å². The van der Waals surface area contributed by atoms with Gasteiger partial charge in [0.2, 0.25) is 0 Å². The Balaban J connectivity index is 0.000000229. The predicted octanol–water partition coefficient (Wildman–Crippen LogP) is 3.90. The summed E-state index contributed by atoms with van der Waals surface area (Å²) in [7, 11) is 1.87. The fourth-order valence-electron chi connectivity index (χ4n) is 3.13. The maximum Gasteiger partial charge on any atom is 0.188 e. The molecule has 10 heteroatoms. The second kappa shape index (κ2) is 11.0. The van der Waals surface area contributed by atoms with E-state index in [0.717, 1.165) is 49.0 Å². The number of nitrogens with zero attached hydrogens (tertiary/aromatic N) is 4. The molecule has 31 heavy (non-hydrogen) atoms. The maximum atomic E-state index is 10.7. The van der Waals surface area contributed by atoms with Gasteiger partial charge in [-0.2, -0.15) is 0 Å². The maximum absolute atomic E-state index is 10.7. The van der Waals surface area contributed by atoms with Gasteiger partial charge in [-0.1, -0.05) is 35.1 Å². The fraction of sp³-hybridized carbons (Fsp3) is 0.333. The third kappa shape index (κ3) is 6.36. The van der Waals surface area contributed by atoms with Crippen LogP contribution in [0.25, 0.3) is 0 Å². The van der Waals surface area contributed by atoms with E-state index in [1.807, 2.05) is 45.2 Å². The van der Waals surface area contributed by atoms with Crippen molar-refractivity contribution in [1.82, 2.24) is 20.3 Å². The predicted molar refractivity (Wildman–Crippen MR) is 128 cm³/mol. The third-order valence-corrected chi connectivity index (χ3v) is 5.77. The molecule has 164 valence electrons. The molecule has 4 rings (SSSR count). The van der Waals surface area contributed by atoms with Gasteiger partial charge < -0.3 is 20.9 Å². The van der Waals surface area contributed by atoms with Crippen LogP contribution in [-0.4, -0.2) is 54.5 Å². The van der Waals surface area contributed by atoms with Crippen molar-refractivity contribution in [3.05, 3.63) is 51.7 Å². The number of piperazine rings is 1. The van der Waals surface area contributed by atoms with Crippen molar-refractivity contribution in [2.45, 2.75) is 13.8 Å². The lowest BCUT2D eigenvalue weighted by molar-refractivity contribution is 0.112. The van der Waals surface area contributed by atoms with Crippen molar-refractivity contribution in [2.75, 3.05) is 48.8 Å². The quantitative estimate of drug-likeness (QED) is 0.494. The fourth-order valence-corrected chi connectivity index (χ4v) is 4.08. The van der Waals surface area contributed by atoms with Crippen LogP contribution in [0.2, 0.25) is 5.02 Å². The van der Waals surface area contributed by atoms with Crippen LogP contribution in [0.5, 0.6) is 0 Å². The van der Waals surface area contributed by atoms with Gasteiger partial charge in [0.05, 0.1) is 21.8 Å². The van der Waals surface area contributed by atoms with Crippen molar-refractivity contribution in [3.63, 3.8) is 0 Å². The molecule has 0 radical (unpaired) electrons. The molecule has 0 unspecified atom stereocenters. The summed E-state index contributed by atoms with van der Waals surface area (Å²) in [6.45, 7) is 7.68. The number of aldehydes is 1. The average Bonchev–Trinajstić information content (AvgIpc) is 3.22. The summed E-state index contributed by atoms with van der Waals surface area (Å²) < 4.78 is 0. The largest absolute Gasteiger partial charge is 0.387 e. The molecule has 1 aromatic carbocycles. The van der Waals surface area contributed by atoms with E-state index in [1.54, 1.807) is 6.20 Å². The second-order valence-electron chi connectivity index (χ2n) is 6.89. The van der Waals surface area contributed by atoms with E-state index in [9.17, 15) is 4.79 Å². The smallest absolute Gasteiger partial charge is 0.188 e. The highest BCUT2D eigenvalue weighted by molar-refractivity contribution is 7.17. The van der Waals surface area contributed by atoms with Gasteiger partial charge in [-0.05, 0) is 25.5 Å². The molecule has 0 aliphatic carbocycles. The number of thiazole rings is 1. The first kappa shape index (κ1) is 22.9. The van der Waals surface area contributed by atoms with Crippen LogP contribution in [-0.2, 0) is 0 Å². The van der Waals surface area contributed by atoms with E-state index in [1.165, 1.54) is 16.9 Å². The summed E-state index contributed by atoms with van der Waals surface area (Å²) in [5.41, 5.74) is 2.19. The van der Waals surface area contributed by atoms with Gasteiger partial charge >= 0.3 is 0 Å². The molecule has 3 heterocycles. The van der Waals surface area contributed by atoms with E-state index >= 15 is 0 Å². The first-order chi connectivity index (χ1) is 15.0. The lowest BCUT2D eigenvalue weighted by Crippen LogP contribution is -2.44. The highest BCUT2D eigenvalue weighted by Gasteiger charge is 2.14. The number of para-hydroxylation sites is 1. The Kier molecular flexibility index (Phi) is 8.16. The van der Waals surface area contributed by atoms with Crippen LogP contribution in [0.3, 0.4) is 0 Å². The van der Waals surface area contributed by atoms with Gasteiger partial charge in [-0.15, -0.1) is 0 Å². The normalized spacial score (nSPS) is 13.2. The summed E-state index contributed by atoms with van der Waals surface area (Å²) in [6, 6.07) is 7.76. The summed E-state index contributed by atoms with van der Waals surface area (Å²) in [5.74, 6) is 2.32. The molecule has 0 bridgehead atoms. The molecular formula is C21H26ClN7OS. The van der Waals surface area contributed by atoms with Crippen LogP contribution in [0, 0.1) is 13.8 Å². The number of anilines is 4.